The molecule has 7 nitrogen and oxygen atoms in total. The lowest BCUT2D eigenvalue weighted by molar-refractivity contribution is -0.119. The van der Waals surface area contributed by atoms with Crippen LogP contribution in [0.5, 0.6) is 5.75 Å². The van der Waals surface area contributed by atoms with Crippen molar-refractivity contribution < 1.29 is 14.1 Å². The minimum atomic E-state index is -0.495. The van der Waals surface area contributed by atoms with Crippen molar-refractivity contribution in [2.24, 2.45) is 5.73 Å². The smallest absolute Gasteiger partial charge is 0.255 e. The third-order valence-electron chi connectivity index (χ3n) is 2.71. The van der Waals surface area contributed by atoms with Crippen molar-refractivity contribution in [3.8, 4) is 5.75 Å². The molecule has 0 spiro atoms. The predicted octanol–water partition coefficient (Wildman–Crippen LogP) is 0.874. The van der Waals surface area contributed by atoms with Crippen LogP contribution in [0.3, 0.4) is 0 Å². The highest BCUT2D eigenvalue weighted by atomic mass is 16.5. The molecule has 0 aliphatic heterocycles. The minimum absolute atomic E-state index is 0.124. The third-order valence-corrected chi connectivity index (χ3v) is 2.71. The highest BCUT2D eigenvalue weighted by molar-refractivity contribution is 5.75. The Kier molecular flexibility index (Phi) is 4.89. The molecule has 0 radical (unpaired) electrons. The van der Waals surface area contributed by atoms with Crippen LogP contribution in [0.4, 0.5) is 0 Å². The average Bonchev–Trinajstić information content (AvgIpc) is 2.82. The summed E-state index contributed by atoms with van der Waals surface area (Å²) in [4.78, 5) is 16.9. The fourth-order valence-electron chi connectivity index (χ4n) is 1.90. The van der Waals surface area contributed by atoms with Gasteiger partial charge in [-0.1, -0.05) is 17.3 Å². The van der Waals surface area contributed by atoms with E-state index in [0.29, 0.717) is 30.6 Å². The zero-order valence-corrected chi connectivity index (χ0v) is 12.1. The van der Waals surface area contributed by atoms with Crippen molar-refractivity contribution in [3.63, 3.8) is 0 Å². The highest BCUT2D eigenvalue weighted by Crippen LogP contribution is 2.15. The molecule has 0 bridgehead atoms. The van der Waals surface area contributed by atoms with Crippen LogP contribution >= 0.6 is 0 Å². The lowest BCUT2D eigenvalue weighted by atomic mass is 10.2. The monoisotopic (exact) mass is 290 g/mol. The molecular weight excluding hydrogens is 272 g/mol. The molecule has 1 amide bonds. The van der Waals surface area contributed by atoms with Gasteiger partial charge in [0.15, 0.2) is 12.4 Å². The largest absolute Gasteiger partial charge is 0.484 e. The van der Waals surface area contributed by atoms with Crippen LogP contribution in [0.25, 0.3) is 0 Å². The number of hydrogen-bond donors (Lipinski definition) is 1. The lowest BCUT2D eigenvalue weighted by Crippen LogP contribution is -2.20. The van der Waals surface area contributed by atoms with E-state index in [1.165, 1.54) is 0 Å². The van der Waals surface area contributed by atoms with E-state index >= 15 is 0 Å². The topological polar surface area (TPSA) is 94.5 Å². The standard InChI is InChI=1S/C14H18N4O3/c1-10-16-14(17-21-10)8-18(2)7-11-4-3-5-12(6-11)20-9-13(15)19/h3-6H,7-9H2,1-2H3,(H2,15,19). The van der Waals surface area contributed by atoms with E-state index in [0.717, 1.165) is 5.56 Å². The normalized spacial score (nSPS) is 10.8. The van der Waals surface area contributed by atoms with Gasteiger partial charge in [0.05, 0.1) is 6.54 Å². The van der Waals surface area contributed by atoms with Crippen molar-refractivity contribution in [2.75, 3.05) is 13.7 Å². The van der Waals surface area contributed by atoms with Crippen LogP contribution in [0.15, 0.2) is 28.8 Å². The third kappa shape index (κ3) is 4.88. The molecule has 1 heterocycles. The maximum Gasteiger partial charge on any atom is 0.255 e. The summed E-state index contributed by atoms with van der Waals surface area (Å²) < 4.78 is 10.2. The molecule has 2 N–H and O–H groups in total. The zero-order valence-electron chi connectivity index (χ0n) is 12.1. The van der Waals surface area contributed by atoms with E-state index in [1.54, 1.807) is 13.0 Å². The molecule has 0 unspecified atom stereocenters. The van der Waals surface area contributed by atoms with Gasteiger partial charge in [0, 0.05) is 13.5 Å². The fourth-order valence-corrected chi connectivity index (χ4v) is 1.90. The SMILES string of the molecule is Cc1nc(CN(C)Cc2cccc(OCC(N)=O)c2)no1. The molecule has 0 atom stereocenters. The summed E-state index contributed by atoms with van der Waals surface area (Å²) in [5.41, 5.74) is 6.11. The average molecular weight is 290 g/mol. The van der Waals surface area contributed by atoms with Gasteiger partial charge >= 0.3 is 0 Å². The van der Waals surface area contributed by atoms with Crippen LogP contribution in [0, 0.1) is 6.92 Å². The number of rotatable bonds is 7. The molecule has 0 saturated heterocycles. The summed E-state index contributed by atoms with van der Waals surface area (Å²) in [5.74, 6) is 1.33. The Labute approximate surface area is 122 Å². The van der Waals surface area contributed by atoms with Crippen LogP contribution in [-0.4, -0.2) is 34.6 Å². The Bertz CT molecular complexity index is 612. The first-order chi connectivity index (χ1) is 10.0. The Balaban J connectivity index is 1.92. The lowest BCUT2D eigenvalue weighted by Gasteiger charge is -2.15. The number of carbonyl (C=O) groups excluding carboxylic acids is 1. The second-order valence-corrected chi connectivity index (χ2v) is 4.80. The summed E-state index contributed by atoms with van der Waals surface area (Å²) in [5, 5.41) is 3.86. The molecule has 1 aromatic heterocycles. The van der Waals surface area contributed by atoms with E-state index in [2.05, 4.69) is 15.0 Å². The second kappa shape index (κ2) is 6.85. The first-order valence-electron chi connectivity index (χ1n) is 6.50. The molecular formula is C14H18N4O3. The zero-order chi connectivity index (χ0) is 15.2. The fraction of sp³-hybridized carbons (Fsp3) is 0.357. The van der Waals surface area contributed by atoms with Crippen molar-refractivity contribution in [3.05, 3.63) is 41.5 Å². The maximum absolute atomic E-state index is 10.7. The van der Waals surface area contributed by atoms with E-state index < -0.39 is 5.91 Å². The number of nitrogens with zero attached hydrogens (tertiary/aromatic N) is 3. The number of primary amides is 1. The van der Waals surface area contributed by atoms with Gasteiger partial charge in [-0.2, -0.15) is 4.98 Å². The summed E-state index contributed by atoms with van der Waals surface area (Å²) in [7, 11) is 1.96. The first kappa shape index (κ1) is 15.0. The molecule has 112 valence electrons. The van der Waals surface area contributed by atoms with Crippen molar-refractivity contribution >= 4 is 5.91 Å². The molecule has 0 fully saturated rings. The van der Waals surface area contributed by atoms with Crippen LogP contribution < -0.4 is 10.5 Å². The molecule has 0 saturated carbocycles. The van der Waals surface area contributed by atoms with E-state index in [-0.39, 0.29) is 6.61 Å². The number of nitrogens with two attached hydrogens (primary N) is 1. The maximum atomic E-state index is 10.7. The molecule has 0 aliphatic carbocycles. The van der Waals surface area contributed by atoms with Gasteiger partial charge in [0.1, 0.15) is 5.75 Å². The quantitative estimate of drug-likeness (QED) is 0.813. The van der Waals surface area contributed by atoms with Gasteiger partial charge < -0.3 is 15.0 Å². The van der Waals surface area contributed by atoms with E-state index in [4.69, 9.17) is 15.0 Å². The first-order valence-corrected chi connectivity index (χ1v) is 6.50. The summed E-state index contributed by atoms with van der Waals surface area (Å²) >= 11 is 0. The Morgan fingerprint density at radius 2 is 2.24 bits per heavy atom. The van der Waals surface area contributed by atoms with Gasteiger partial charge in [-0.15, -0.1) is 0 Å². The number of carbonyl (C=O) groups is 1. The molecule has 0 aliphatic rings. The van der Waals surface area contributed by atoms with Gasteiger partial charge in [-0.05, 0) is 24.7 Å². The summed E-state index contributed by atoms with van der Waals surface area (Å²) in [6.07, 6.45) is 0. The Morgan fingerprint density at radius 3 is 2.90 bits per heavy atom. The number of benzene rings is 1. The summed E-state index contributed by atoms with van der Waals surface area (Å²) in [6, 6.07) is 7.52. The van der Waals surface area contributed by atoms with Crippen LogP contribution in [-0.2, 0) is 17.9 Å². The molecule has 21 heavy (non-hydrogen) atoms. The van der Waals surface area contributed by atoms with E-state index in [9.17, 15) is 4.79 Å². The summed E-state index contributed by atoms with van der Waals surface area (Å²) in [6.45, 7) is 2.92. The Hall–Kier alpha value is -2.41. The van der Waals surface area contributed by atoms with Crippen molar-refractivity contribution in [1.82, 2.24) is 15.0 Å². The number of hydrogen-bond acceptors (Lipinski definition) is 6. The minimum Gasteiger partial charge on any atom is -0.484 e. The number of aryl methyl sites for hydroxylation is 1. The van der Waals surface area contributed by atoms with Gasteiger partial charge in [0.25, 0.3) is 5.91 Å². The van der Waals surface area contributed by atoms with Gasteiger partial charge in [0.2, 0.25) is 5.89 Å². The molecule has 2 rings (SSSR count). The second-order valence-electron chi connectivity index (χ2n) is 4.80. The predicted molar refractivity (Wildman–Crippen MR) is 75.3 cm³/mol. The highest BCUT2D eigenvalue weighted by Gasteiger charge is 2.08. The van der Waals surface area contributed by atoms with Crippen LogP contribution in [0.2, 0.25) is 0 Å². The Morgan fingerprint density at radius 1 is 1.43 bits per heavy atom. The number of ether oxygens (including phenoxy) is 1. The molecule has 2 aromatic rings. The van der Waals surface area contributed by atoms with Crippen molar-refractivity contribution in [1.29, 1.82) is 0 Å². The van der Waals surface area contributed by atoms with Gasteiger partial charge in [-0.3, -0.25) is 9.69 Å². The van der Waals surface area contributed by atoms with Crippen LogP contribution in [0.1, 0.15) is 17.3 Å². The molecule has 7 heteroatoms. The number of amides is 1. The number of aromatic nitrogens is 2. The van der Waals surface area contributed by atoms with E-state index in [1.807, 2.05) is 25.2 Å². The van der Waals surface area contributed by atoms with Gasteiger partial charge in [-0.25, -0.2) is 0 Å². The molecule has 1 aromatic carbocycles. The van der Waals surface area contributed by atoms with Crippen molar-refractivity contribution in [2.45, 2.75) is 20.0 Å².